The normalized spacial score (nSPS) is 11.2. The molecule has 0 atom stereocenters. The van der Waals surface area contributed by atoms with E-state index >= 15 is 0 Å². The minimum absolute atomic E-state index is 0.250. The summed E-state index contributed by atoms with van der Waals surface area (Å²) in [6.07, 6.45) is 3.10. The molecule has 10 heteroatoms. The maximum Gasteiger partial charge on any atom is 0.262 e. The van der Waals surface area contributed by atoms with E-state index in [0.717, 1.165) is 17.0 Å². The Hall–Kier alpha value is -2.61. The lowest BCUT2D eigenvalue weighted by atomic mass is 10.2. The summed E-state index contributed by atoms with van der Waals surface area (Å²) in [5.41, 5.74) is 3.40. The van der Waals surface area contributed by atoms with Crippen molar-refractivity contribution < 1.29 is 4.79 Å². The molecule has 0 saturated carbocycles. The second kappa shape index (κ2) is 7.67. The third-order valence-corrected chi connectivity index (χ3v) is 5.32. The summed E-state index contributed by atoms with van der Waals surface area (Å²) in [5, 5.41) is 12.6. The van der Waals surface area contributed by atoms with E-state index in [9.17, 15) is 4.79 Å². The molecule has 0 radical (unpaired) electrons. The number of rotatable bonds is 4. The summed E-state index contributed by atoms with van der Waals surface area (Å²) in [5.74, 6) is -0.139. The first-order valence-corrected chi connectivity index (χ1v) is 9.75. The lowest BCUT2D eigenvalue weighted by molar-refractivity contribution is 0.102. The Morgan fingerprint density at radius 3 is 2.66 bits per heavy atom. The van der Waals surface area contributed by atoms with E-state index in [1.807, 2.05) is 26.0 Å². The highest BCUT2D eigenvalue weighted by atomic mass is 35.5. The lowest BCUT2D eigenvalue weighted by Crippen LogP contribution is -2.13. The van der Waals surface area contributed by atoms with Crippen molar-refractivity contribution in [3.05, 3.63) is 74.2 Å². The average Bonchev–Trinajstić information content (AvgIpc) is 3.22. The molecule has 0 aliphatic rings. The molecule has 1 aromatic carbocycles. The number of carbonyl (C=O) groups excluding carboxylic acids is 1. The van der Waals surface area contributed by atoms with Crippen LogP contribution in [0, 0.1) is 13.8 Å². The molecule has 0 spiro atoms. The summed E-state index contributed by atoms with van der Waals surface area (Å²) in [6.45, 7) is 4.18. The highest BCUT2D eigenvalue weighted by molar-refractivity contribution is 6.42. The fraction of sp³-hybridized carbons (Fsp3) is 0.158. The van der Waals surface area contributed by atoms with Crippen molar-refractivity contribution in [2.45, 2.75) is 20.4 Å². The predicted molar refractivity (Wildman–Crippen MR) is 113 cm³/mol. The number of aryl methyl sites for hydroxylation is 2. The minimum atomic E-state index is -0.390. The van der Waals surface area contributed by atoms with Gasteiger partial charge in [0.25, 0.3) is 5.91 Å². The first-order valence-electron chi connectivity index (χ1n) is 8.62. The Morgan fingerprint density at radius 1 is 1.10 bits per heavy atom. The molecule has 3 aromatic heterocycles. The summed E-state index contributed by atoms with van der Waals surface area (Å²) in [6, 6.07) is 7.21. The zero-order valence-electron chi connectivity index (χ0n) is 15.4. The molecule has 0 bridgehead atoms. The van der Waals surface area contributed by atoms with Crippen molar-refractivity contribution in [1.29, 1.82) is 0 Å². The van der Waals surface area contributed by atoms with Gasteiger partial charge in [-0.25, -0.2) is 9.50 Å². The highest BCUT2D eigenvalue weighted by Gasteiger charge is 2.18. The van der Waals surface area contributed by atoms with Crippen LogP contribution < -0.4 is 5.32 Å². The fourth-order valence-corrected chi connectivity index (χ4v) is 3.51. The van der Waals surface area contributed by atoms with E-state index < -0.39 is 0 Å². The van der Waals surface area contributed by atoms with Gasteiger partial charge in [0.05, 0.1) is 22.8 Å². The Balaban J connectivity index is 1.57. The number of fused-ring (bicyclic) bond motifs is 1. The molecule has 7 nitrogen and oxygen atoms in total. The average molecular weight is 450 g/mol. The van der Waals surface area contributed by atoms with Crippen molar-refractivity contribution in [1.82, 2.24) is 24.4 Å². The SMILES string of the molecule is Cc1cc(C)n2ncc(C(=O)Nc3nn(Cc4ccc(Cl)c(Cl)c4)cc3Cl)c2n1. The monoisotopic (exact) mass is 448 g/mol. The Morgan fingerprint density at radius 2 is 1.90 bits per heavy atom. The molecule has 3 heterocycles. The van der Waals surface area contributed by atoms with Gasteiger partial charge in [-0.3, -0.25) is 9.48 Å². The number of benzene rings is 1. The van der Waals surface area contributed by atoms with Gasteiger partial charge in [-0.15, -0.1) is 0 Å². The molecular weight excluding hydrogens is 435 g/mol. The van der Waals surface area contributed by atoms with Gasteiger partial charge >= 0.3 is 0 Å². The van der Waals surface area contributed by atoms with Crippen molar-refractivity contribution in [3.63, 3.8) is 0 Å². The van der Waals surface area contributed by atoms with Crippen molar-refractivity contribution >= 4 is 52.2 Å². The largest absolute Gasteiger partial charge is 0.304 e. The van der Waals surface area contributed by atoms with Crippen molar-refractivity contribution in [2.75, 3.05) is 5.32 Å². The van der Waals surface area contributed by atoms with Gasteiger partial charge in [-0.1, -0.05) is 40.9 Å². The second-order valence-electron chi connectivity index (χ2n) is 6.56. The van der Waals surface area contributed by atoms with Gasteiger partial charge in [0.15, 0.2) is 11.5 Å². The first kappa shape index (κ1) is 19.7. The number of nitrogens with one attached hydrogen (secondary N) is 1. The molecule has 1 N–H and O–H groups in total. The summed E-state index contributed by atoms with van der Waals surface area (Å²) >= 11 is 18.3. The van der Waals surface area contributed by atoms with E-state index in [-0.39, 0.29) is 11.7 Å². The molecule has 0 unspecified atom stereocenters. The molecule has 0 aliphatic heterocycles. The second-order valence-corrected chi connectivity index (χ2v) is 7.78. The topological polar surface area (TPSA) is 77.1 Å². The van der Waals surface area contributed by atoms with Crippen LogP contribution in [-0.4, -0.2) is 30.3 Å². The van der Waals surface area contributed by atoms with E-state index in [2.05, 4.69) is 20.5 Å². The fourth-order valence-electron chi connectivity index (χ4n) is 2.99. The van der Waals surface area contributed by atoms with Crippen LogP contribution in [0.15, 0.2) is 36.7 Å². The molecule has 29 heavy (non-hydrogen) atoms. The predicted octanol–water partition coefficient (Wildman–Crippen LogP) is 4.80. The van der Waals surface area contributed by atoms with Gasteiger partial charge < -0.3 is 5.32 Å². The minimum Gasteiger partial charge on any atom is -0.304 e. The molecule has 0 fully saturated rings. The maximum atomic E-state index is 12.8. The third-order valence-electron chi connectivity index (χ3n) is 4.30. The number of anilines is 1. The van der Waals surface area contributed by atoms with Crippen LogP contribution in [-0.2, 0) is 6.54 Å². The Kier molecular flexibility index (Phi) is 5.21. The lowest BCUT2D eigenvalue weighted by Gasteiger charge is -2.04. The summed E-state index contributed by atoms with van der Waals surface area (Å²) in [4.78, 5) is 17.2. The molecule has 4 rings (SSSR count). The van der Waals surface area contributed by atoms with Crippen LogP contribution in [0.2, 0.25) is 15.1 Å². The third kappa shape index (κ3) is 3.94. The van der Waals surface area contributed by atoms with E-state index in [4.69, 9.17) is 34.8 Å². The summed E-state index contributed by atoms with van der Waals surface area (Å²) < 4.78 is 3.23. The van der Waals surface area contributed by atoms with Crippen LogP contribution in [0.3, 0.4) is 0 Å². The van der Waals surface area contributed by atoms with Gasteiger partial charge in [0, 0.05) is 17.6 Å². The van der Waals surface area contributed by atoms with Crippen LogP contribution in [0.4, 0.5) is 5.82 Å². The Labute approximate surface area is 181 Å². The van der Waals surface area contributed by atoms with Crippen molar-refractivity contribution in [3.8, 4) is 0 Å². The number of carbonyl (C=O) groups is 1. The van der Waals surface area contributed by atoms with Gasteiger partial charge in [-0.2, -0.15) is 10.2 Å². The first-order chi connectivity index (χ1) is 13.8. The van der Waals surface area contributed by atoms with Crippen molar-refractivity contribution in [2.24, 2.45) is 0 Å². The van der Waals surface area contributed by atoms with Crippen LogP contribution >= 0.6 is 34.8 Å². The van der Waals surface area contributed by atoms with Gasteiger partial charge in [0.1, 0.15) is 10.6 Å². The molecule has 0 saturated heterocycles. The smallest absolute Gasteiger partial charge is 0.262 e. The van der Waals surface area contributed by atoms with Crippen LogP contribution in [0.1, 0.15) is 27.3 Å². The van der Waals surface area contributed by atoms with E-state index in [1.54, 1.807) is 27.5 Å². The number of hydrogen-bond acceptors (Lipinski definition) is 4. The highest BCUT2D eigenvalue weighted by Crippen LogP contribution is 2.25. The summed E-state index contributed by atoms with van der Waals surface area (Å²) in [7, 11) is 0. The maximum absolute atomic E-state index is 12.8. The number of hydrogen-bond donors (Lipinski definition) is 1. The van der Waals surface area contributed by atoms with Crippen LogP contribution in [0.5, 0.6) is 0 Å². The van der Waals surface area contributed by atoms with Crippen LogP contribution in [0.25, 0.3) is 5.65 Å². The number of amides is 1. The number of nitrogens with zero attached hydrogens (tertiary/aromatic N) is 5. The molecule has 4 aromatic rings. The number of aromatic nitrogens is 5. The molecule has 1 amide bonds. The van der Waals surface area contributed by atoms with E-state index in [0.29, 0.717) is 32.8 Å². The van der Waals surface area contributed by atoms with Gasteiger partial charge in [-0.05, 0) is 37.6 Å². The zero-order chi connectivity index (χ0) is 20.7. The molecule has 148 valence electrons. The quantitative estimate of drug-likeness (QED) is 0.485. The standard InChI is InChI=1S/C19H15Cl3N6O/c1-10-5-11(2)28-18(24-10)13(7-23-28)19(29)25-17-16(22)9-27(26-17)8-12-3-4-14(20)15(21)6-12/h3-7,9H,8H2,1-2H3,(H,25,26,29). The Bertz CT molecular complexity index is 1250. The number of halogens is 3. The van der Waals surface area contributed by atoms with Gasteiger partial charge in [0.2, 0.25) is 0 Å². The molecular formula is C19H15Cl3N6O. The zero-order valence-corrected chi connectivity index (χ0v) is 17.7. The molecule has 0 aliphatic carbocycles. The van der Waals surface area contributed by atoms with E-state index in [1.165, 1.54) is 6.20 Å².